The third-order valence-electron chi connectivity index (χ3n) is 4.13. The molecule has 1 aliphatic carbocycles. The predicted molar refractivity (Wildman–Crippen MR) is 89.8 cm³/mol. The summed E-state index contributed by atoms with van der Waals surface area (Å²) in [6, 6.07) is 6.85. The molecule has 0 aromatic heterocycles. The first kappa shape index (κ1) is 15.1. The molecule has 0 aliphatic heterocycles. The minimum absolute atomic E-state index is 0.504. The van der Waals surface area contributed by atoms with Crippen molar-refractivity contribution in [2.75, 3.05) is 5.43 Å². The molecule has 1 aromatic rings. The molecule has 0 heterocycles. The van der Waals surface area contributed by atoms with Crippen LogP contribution in [0.4, 0.5) is 5.69 Å². The van der Waals surface area contributed by atoms with E-state index in [1.165, 1.54) is 36.8 Å². The highest BCUT2D eigenvalue weighted by atomic mass is 32.1. The van der Waals surface area contributed by atoms with Gasteiger partial charge < -0.3 is 5.32 Å². The molecule has 2 rings (SSSR count). The lowest BCUT2D eigenvalue weighted by Crippen LogP contribution is -2.47. The fraction of sp³-hybridized carbons (Fsp3) is 0.562. The SMILES string of the molecule is Cc1ccc(C)c(NNC(=S)N[C@@H]2CCCC[C@H]2C)c1. The van der Waals surface area contributed by atoms with Crippen molar-refractivity contribution in [3.05, 3.63) is 29.3 Å². The van der Waals surface area contributed by atoms with E-state index in [4.69, 9.17) is 12.2 Å². The molecule has 1 fully saturated rings. The van der Waals surface area contributed by atoms with Crippen LogP contribution in [0.25, 0.3) is 0 Å². The highest BCUT2D eigenvalue weighted by Gasteiger charge is 2.21. The number of benzene rings is 1. The molecule has 0 bridgehead atoms. The molecule has 2 atom stereocenters. The van der Waals surface area contributed by atoms with Crippen LogP contribution in [-0.4, -0.2) is 11.2 Å². The maximum atomic E-state index is 5.38. The number of nitrogens with one attached hydrogen (secondary N) is 3. The Hall–Kier alpha value is -1.29. The molecular formula is C16H25N3S. The van der Waals surface area contributed by atoms with Gasteiger partial charge in [-0.2, -0.15) is 0 Å². The van der Waals surface area contributed by atoms with Crippen molar-refractivity contribution >= 4 is 23.0 Å². The van der Waals surface area contributed by atoms with Crippen molar-refractivity contribution in [2.45, 2.75) is 52.5 Å². The van der Waals surface area contributed by atoms with Gasteiger partial charge in [0.05, 0.1) is 5.69 Å². The molecule has 0 radical (unpaired) electrons. The molecule has 0 unspecified atom stereocenters. The van der Waals surface area contributed by atoms with Crippen molar-refractivity contribution in [3.8, 4) is 0 Å². The maximum Gasteiger partial charge on any atom is 0.185 e. The van der Waals surface area contributed by atoms with Gasteiger partial charge in [0.1, 0.15) is 0 Å². The fourth-order valence-corrected chi connectivity index (χ4v) is 2.93. The van der Waals surface area contributed by atoms with Gasteiger partial charge in [0.25, 0.3) is 0 Å². The molecule has 0 amide bonds. The van der Waals surface area contributed by atoms with Gasteiger partial charge in [-0.25, -0.2) is 0 Å². The zero-order valence-corrected chi connectivity index (χ0v) is 13.4. The number of aryl methyl sites for hydroxylation is 2. The number of thiocarbonyl (C=S) groups is 1. The van der Waals surface area contributed by atoms with E-state index in [0.29, 0.717) is 17.1 Å². The van der Waals surface area contributed by atoms with Crippen LogP contribution < -0.4 is 16.2 Å². The van der Waals surface area contributed by atoms with Crippen LogP contribution >= 0.6 is 12.2 Å². The van der Waals surface area contributed by atoms with E-state index in [1.807, 2.05) is 0 Å². The molecular weight excluding hydrogens is 266 g/mol. The van der Waals surface area contributed by atoms with Crippen LogP contribution in [0.15, 0.2) is 18.2 Å². The van der Waals surface area contributed by atoms with Crippen LogP contribution in [0.3, 0.4) is 0 Å². The average Bonchev–Trinajstić information content (AvgIpc) is 2.42. The van der Waals surface area contributed by atoms with E-state index < -0.39 is 0 Å². The van der Waals surface area contributed by atoms with Gasteiger partial charge in [-0.15, -0.1) is 0 Å². The summed E-state index contributed by atoms with van der Waals surface area (Å²) in [5.74, 6) is 0.698. The lowest BCUT2D eigenvalue weighted by Gasteiger charge is -2.30. The molecule has 0 saturated heterocycles. The Balaban J connectivity index is 1.84. The second-order valence-corrected chi connectivity index (χ2v) is 6.32. The number of hydrogen-bond donors (Lipinski definition) is 3. The molecule has 3 N–H and O–H groups in total. The lowest BCUT2D eigenvalue weighted by molar-refractivity contribution is 0.308. The Kier molecular flexibility index (Phi) is 5.24. The van der Waals surface area contributed by atoms with Crippen molar-refractivity contribution in [1.29, 1.82) is 0 Å². The summed E-state index contributed by atoms with van der Waals surface area (Å²) in [6.07, 6.45) is 5.16. The van der Waals surface area contributed by atoms with Crippen LogP contribution in [0, 0.1) is 19.8 Å². The Morgan fingerprint density at radius 3 is 2.70 bits per heavy atom. The monoisotopic (exact) mass is 291 g/mol. The second kappa shape index (κ2) is 6.93. The summed E-state index contributed by atoms with van der Waals surface area (Å²) in [6.45, 7) is 6.48. The normalized spacial score (nSPS) is 22.1. The van der Waals surface area contributed by atoms with Crippen molar-refractivity contribution < 1.29 is 0 Å². The minimum atomic E-state index is 0.504. The van der Waals surface area contributed by atoms with Gasteiger partial charge in [0, 0.05) is 6.04 Å². The minimum Gasteiger partial charge on any atom is -0.358 e. The average molecular weight is 291 g/mol. The topological polar surface area (TPSA) is 36.1 Å². The Labute approximate surface area is 127 Å². The third kappa shape index (κ3) is 4.10. The summed E-state index contributed by atoms with van der Waals surface area (Å²) < 4.78 is 0. The van der Waals surface area contributed by atoms with Crippen LogP contribution in [0.2, 0.25) is 0 Å². The third-order valence-corrected chi connectivity index (χ3v) is 4.35. The van der Waals surface area contributed by atoms with Crippen molar-refractivity contribution in [3.63, 3.8) is 0 Å². The predicted octanol–water partition coefficient (Wildman–Crippen LogP) is 3.67. The van der Waals surface area contributed by atoms with E-state index in [-0.39, 0.29) is 0 Å². The summed E-state index contributed by atoms with van der Waals surface area (Å²) in [5.41, 5.74) is 9.83. The zero-order valence-electron chi connectivity index (χ0n) is 12.6. The highest BCUT2D eigenvalue weighted by Crippen LogP contribution is 2.23. The van der Waals surface area contributed by atoms with Gasteiger partial charge in [-0.1, -0.05) is 31.9 Å². The van der Waals surface area contributed by atoms with Crippen molar-refractivity contribution in [2.24, 2.45) is 5.92 Å². The van der Waals surface area contributed by atoms with Gasteiger partial charge in [0.2, 0.25) is 0 Å². The van der Waals surface area contributed by atoms with E-state index in [9.17, 15) is 0 Å². The van der Waals surface area contributed by atoms with Gasteiger partial charge in [-0.3, -0.25) is 10.9 Å². The van der Waals surface area contributed by atoms with Crippen LogP contribution in [0.1, 0.15) is 43.7 Å². The van der Waals surface area contributed by atoms with E-state index in [1.54, 1.807) is 0 Å². The Morgan fingerprint density at radius 1 is 1.20 bits per heavy atom. The Bertz CT molecular complexity index is 473. The molecule has 1 aliphatic rings. The number of hydrogen-bond acceptors (Lipinski definition) is 2. The first-order chi connectivity index (χ1) is 9.56. The van der Waals surface area contributed by atoms with Gasteiger partial charge in [-0.05, 0) is 62.0 Å². The summed E-state index contributed by atoms with van der Waals surface area (Å²) >= 11 is 5.38. The fourth-order valence-electron chi connectivity index (χ4n) is 2.73. The van der Waals surface area contributed by atoms with E-state index >= 15 is 0 Å². The first-order valence-corrected chi connectivity index (χ1v) is 7.87. The maximum absolute atomic E-state index is 5.38. The van der Waals surface area contributed by atoms with Gasteiger partial charge >= 0.3 is 0 Å². The molecule has 110 valence electrons. The first-order valence-electron chi connectivity index (χ1n) is 7.46. The zero-order chi connectivity index (χ0) is 14.5. The number of rotatable bonds is 3. The largest absolute Gasteiger partial charge is 0.358 e. The van der Waals surface area contributed by atoms with Crippen LogP contribution in [0.5, 0.6) is 0 Å². The molecule has 20 heavy (non-hydrogen) atoms. The standard InChI is InChI=1S/C16H25N3S/c1-11-8-9-13(3)15(10-11)18-19-16(20)17-14-7-5-4-6-12(14)2/h8-10,12,14,18H,4-7H2,1-3H3,(H2,17,19,20)/t12-,14-/m1/s1. The Morgan fingerprint density at radius 2 is 1.95 bits per heavy atom. The summed E-state index contributed by atoms with van der Waals surface area (Å²) in [4.78, 5) is 0. The molecule has 1 aromatic carbocycles. The van der Waals surface area contributed by atoms with Gasteiger partial charge in [0.15, 0.2) is 5.11 Å². The second-order valence-electron chi connectivity index (χ2n) is 5.91. The molecule has 3 nitrogen and oxygen atoms in total. The lowest BCUT2D eigenvalue weighted by atomic mass is 9.86. The number of anilines is 1. The summed E-state index contributed by atoms with van der Waals surface area (Å²) in [5, 5.41) is 4.12. The molecule has 0 spiro atoms. The summed E-state index contributed by atoms with van der Waals surface area (Å²) in [7, 11) is 0. The van der Waals surface area contributed by atoms with E-state index in [0.717, 1.165) is 5.69 Å². The highest BCUT2D eigenvalue weighted by molar-refractivity contribution is 7.80. The quantitative estimate of drug-likeness (QED) is 0.586. The van der Waals surface area contributed by atoms with Crippen molar-refractivity contribution in [1.82, 2.24) is 10.7 Å². The number of hydrazine groups is 1. The van der Waals surface area contributed by atoms with Crippen LogP contribution in [-0.2, 0) is 0 Å². The molecule has 1 saturated carbocycles. The smallest absolute Gasteiger partial charge is 0.185 e. The van der Waals surface area contributed by atoms with E-state index in [2.05, 4.69) is 55.1 Å². The molecule has 4 heteroatoms.